The van der Waals surface area contributed by atoms with E-state index < -0.39 is 11.7 Å². The third kappa shape index (κ3) is 12.1. The highest BCUT2D eigenvalue weighted by Gasteiger charge is 2.32. The molecule has 43 heavy (non-hydrogen) atoms. The number of aliphatic hydroxyl groups is 1. The van der Waals surface area contributed by atoms with Gasteiger partial charge < -0.3 is 19.9 Å². The molecule has 3 atom stereocenters. The highest BCUT2D eigenvalue weighted by atomic mass is 127. The van der Waals surface area contributed by atoms with Crippen molar-refractivity contribution in [3.63, 3.8) is 0 Å². The van der Waals surface area contributed by atoms with E-state index in [1.165, 1.54) is 33.4 Å². The summed E-state index contributed by atoms with van der Waals surface area (Å²) in [7, 11) is 0. The third-order valence-electron chi connectivity index (χ3n) is 8.34. The van der Waals surface area contributed by atoms with Crippen LogP contribution in [0.4, 0.5) is 0 Å². The Morgan fingerprint density at radius 1 is 1.14 bits per heavy atom. The van der Waals surface area contributed by atoms with Crippen molar-refractivity contribution in [3.8, 4) is 0 Å². The van der Waals surface area contributed by atoms with E-state index in [4.69, 9.17) is 9.47 Å². The predicted molar refractivity (Wildman–Crippen MR) is 191 cm³/mol. The van der Waals surface area contributed by atoms with E-state index in [1.54, 1.807) is 0 Å². The summed E-state index contributed by atoms with van der Waals surface area (Å²) in [5, 5.41) is 13.1. The number of nitrogens with one attached hydrogen (secondary N) is 1. The molecule has 0 heterocycles. The van der Waals surface area contributed by atoms with Crippen molar-refractivity contribution in [2.75, 3.05) is 17.8 Å². The van der Waals surface area contributed by atoms with E-state index in [2.05, 4.69) is 102 Å². The van der Waals surface area contributed by atoms with Gasteiger partial charge in [0, 0.05) is 22.0 Å². The SMILES string of the molecule is CCC(=C(\C(C)=C(\NC(=O)C(C)C)[C@@H](CC)C1C=C(C)C(C)=CC1)C(COCO)OC(C)(C)C)/C(C)=C/C(C)=C(/C)CI. The molecule has 244 valence electrons. The van der Waals surface area contributed by atoms with Gasteiger partial charge in [0.15, 0.2) is 0 Å². The number of ether oxygens (including phenoxy) is 2. The van der Waals surface area contributed by atoms with E-state index >= 15 is 0 Å². The molecule has 0 fully saturated rings. The fraction of sp³-hybridized carbons (Fsp3) is 0.649. The highest BCUT2D eigenvalue weighted by molar-refractivity contribution is 14.1. The molecule has 0 spiro atoms. The van der Waals surface area contributed by atoms with Gasteiger partial charge in [0.1, 0.15) is 12.9 Å². The lowest BCUT2D eigenvalue weighted by Gasteiger charge is -2.35. The molecule has 0 aromatic carbocycles. The van der Waals surface area contributed by atoms with Gasteiger partial charge in [-0.05, 0) is 110 Å². The van der Waals surface area contributed by atoms with Gasteiger partial charge in [0.2, 0.25) is 5.91 Å². The zero-order valence-electron chi connectivity index (χ0n) is 29.3. The zero-order chi connectivity index (χ0) is 33.1. The summed E-state index contributed by atoms with van der Waals surface area (Å²) in [4.78, 5) is 13.4. The second-order valence-corrected chi connectivity index (χ2v) is 14.0. The molecule has 0 radical (unpaired) electrons. The number of hydrogen-bond donors (Lipinski definition) is 2. The Labute approximate surface area is 277 Å². The van der Waals surface area contributed by atoms with Crippen LogP contribution in [0.3, 0.4) is 0 Å². The van der Waals surface area contributed by atoms with Crippen molar-refractivity contribution >= 4 is 28.5 Å². The van der Waals surface area contributed by atoms with Crippen LogP contribution in [-0.4, -0.2) is 40.5 Å². The van der Waals surface area contributed by atoms with E-state index in [1.807, 2.05) is 34.6 Å². The smallest absolute Gasteiger partial charge is 0.226 e. The van der Waals surface area contributed by atoms with Crippen LogP contribution in [0.2, 0.25) is 0 Å². The van der Waals surface area contributed by atoms with Crippen LogP contribution in [0.15, 0.2) is 68.5 Å². The average Bonchev–Trinajstić information content (AvgIpc) is 2.93. The number of rotatable bonds is 15. The molecule has 0 saturated heterocycles. The summed E-state index contributed by atoms with van der Waals surface area (Å²) < 4.78 is 13.3. The average molecular weight is 710 g/mol. The number of alkyl halides is 1. The predicted octanol–water partition coefficient (Wildman–Crippen LogP) is 9.55. The molecule has 2 N–H and O–H groups in total. The van der Waals surface area contributed by atoms with Gasteiger partial charge in [-0.3, -0.25) is 4.79 Å². The molecule has 0 bridgehead atoms. The maximum Gasteiger partial charge on any atom is 0.226 e. The maximum atomic E-state index is 13.4. The number of hydrogen-bond acceptors (Lipinski definition) is 4. The van der Waals surface area contributed by atoms with E-state index in [0.717, 1.165) is 40.5 Å². The Kier molecular flexibility index (Phi) is 17.0. The van der Waals surface area contributed by atoms with Crippen molar-refractivity contribution in [1.82, 2.24) is 5.32 Å². The van der Waals surface area contributed by atoms with Crippen molar-refractivity contribution in [2.45, 2.75) is 121 Å². The fourth-order valence-electron chi connectivity index (χ4n) is 5.63. The Morgan fingerprint density at radius 3 is 2.23 bits per heavy atom. The second-order valence-electron chi connectivity index (χ2n) is 13.2. The maximum absolute atomic E-state index is 13.4. The zero-order valence-corrected chi connectivity index (χ0v) is 31.5. The second kappa shape index (κ2) is 18.5. The lowest BCUT2D eigenvalue weighted by Crippen LogP contribution is -2.37. The third-order valence-corrected chi connectivity index (χ3v) is 9.48. The summed E-state index contributed by atoms with van der Waals surface area (Å²) >= 11 is 2.41. The van der Waals surface area contributed by atoms with Crippen LogP contribution in [0.5, 0.6) is 0 Å². The first kappa shape index (κ1) is 39.5. The summed E-state index contributed by atoms with van der Waals surface area (Å²) in [6.45, 7) is 27.2. The topological polar surface area (TPSA) is 67.8 Å². The van der Waals surface area contributed by atoms with Gasteiger partial charge in [-0.2, -0.15) is 0 Å². The molecule has 1 rings (SSSR count). The Bertz CT molecular complexity index is 1140. The van der Waals surface area contributed by atoms with Crippen molar-refractivity contribution in [2.24, 2.45) is 17.8 Å². The summed E-state index contributed by atoms with van der Waals surface area (Å²) in [5.74, 6) is 0.226. The van der Waals surface area contributed by atoms with Crippen LogP contribution in [0, 0.1) is 17.8 Å². The van der Waals surface area contributed by atoms with E-state index in [-0.39, 0.29) is 37.1 Å². The summed E-state index contributed by atoms with van der Waals surface area (Å²) in [6, 6.07) is 0. The molecular weight excluding hydrogens is 649 g/mol. The number of halogens is 1. The number of amides is 1. The van der Waals surface area contributed by atoms with Crippen molar-refractivity contribution in [1.29, 1.82) is 0 Å². The quantitative estimate of drug-likeness (QED) is 0.0770. The van der Waals surface area contributed by atoms with Gasteiger partial charge in [-0.25, -0.2) is 0 Å². The summed E-state index contributed by atoms with van der Waals surface area (Å²) in [5.41, 5.74) is 10.1. The Hall–Kier alpha value is -1.48. The first-order chi connectivity index (χ1) is 20.0. The number of carbonyl (C=O) groups is 1. The van der Waals surface area contributed by atoms with Crippen molar-refractivity contribution in [3.05, 3.63) is 68.5 Å². The first-order valence-electron chi connectivity index (χ1n) is 15.9. The Balaban J connectivity index is 4.25. The monoisotopic (exact) mass is 709 g/mol. The highest BCUT2D eigenvalue weighted by Crippen LogP contribution is 2.39. The minimum Gasteiger partial charge on any atom is -0.371 e. The minimum absolute atomic E-state index is 0.0112. The van der Waals surface area contributed by atoms with Gasteiger partial charge in [0.25, 0.3) is 0 Å². The lowest BCUT2D eigenvalue weighted by atomic mass is 9.77. The molecule has 1 amide bonds. The van der Waals surface area contributed by atoms with Crippen LogP contribution in [0.25, 0.3) is 0 Å². The molecular formula is C37H60INO4. The summed E-state index contributed by atoms with van der Waals surface area (Å²) in [6.07, 6.45) is 9.12. The van der Waals surface area contributed by atoms with Gasteiger partial charge in [-0.15, -0.1) is 0 Å². The van der Waals surface area contributed by atoms with Crippen molar-refractivity contribution < 1.29 is 19.4 Å². The molecule has 0 aliphatic heterocycles. The standard InChI is InChI=1S/C37H60INO4/c1-14-31(27(8)18-25(6)28(9)20-38)34(33(21-42-22-40)43-37(11,12)13)29(10)35(39-36(41)23(3)4)32(15-2)30-17-16-24(5)26(7)19-30/h16,18-19,23,30,32-33,40H,14-15,17,20-22H2,1-13H3,(H,39,41)/b27-18+,28-25-,34-31-,35-29+/t30?,32-,33?/m0/s1. The molecule has 1 aliphatic rings. The molecule has 1 aliphatic carbocycles. The van der Waals surface area contributed by atoms with E-state index in [9.17, 15) is 9.90 Å². The van der Waals surface area contributed by atoms with Crippen LogP contribution >= 0.6 is 22.6 Å². The van der Waals surface area contributed by atoms with Gasteiger partial charge >= 0.3 is 0 Å². The van der Waals surface area contributed by atoms with Gasteiger partial charge in [-0.1, -0.05) is 90.8 Å². The molecule has 0 aromatic rings. The van der Waals surface area contributed by atoms with E-state index in [0.29, 0.717) is 0 Å². The molecule has 0 aromatic heterocycles. The number of carbonyl (C=O) groups excluding carboxylic acids is 1. The van der Waals surface area contributed by atoms with Crippen LogP contribution in [0.1, 0.15) is 109 Å². The number of allylic oxidation sites excluding steroid dienone is 10. The van der Waals surface area contributed by atoms with Gasteiger partial charge in [0.05, 0.1) is 12.2 Å². The Morgan fingerprint density at radius 2 is 1.77 bits per heavy atom. The molecule has 2 unspecified atom stereocenters. The first-order valence-corrected chi connectivity index (χ1v) is 17.4. The molecule has 0 saturated carbocycles. The van der Waals surface area contributed by atoms with Crippen LogP contribution in [-0.2, 0) is 14.3 Å². The van der Waals surface area contributed by atoms with Crippen LogP contribution < -0.4 is 5.32 Å². The lowest BCUT2D eigenvalue weighted by molar-refractivity contribution is -0.123. The minimum atomic E-state index is -0.462. The fourth-order valence-corrected chi connectivity index (χ4v) is 6.23. The number of aliphatic hydroxyl groups excluding tert-OH is 1. The largest absolute Gasteiger partial charge is 0.371 e. The molecule has 5 nitrogen and oxygen atoms in total. The normalized spacial score (nSPS) is 19.6. The molecule has 6 heteroatoms.